The predicted octanol–water partition coefficient (Wildman–Crippen LogP) is 4.16. The molecule has 1 aromatic carbocycles. The molecule has 1 amide bonds. The second-order valence-corrected chi connectivity index (χ2v) is 6.74. The summed E-state index contributed by atoms with van der Waals surface area (Å²) in [6.07, 6.45) is 3.10. The van der Waals surface area contributed by atoms with Crippen LogP contribution in [0, 0.1) is 5.82 Å². The molecular weight excluding hydrogens is 339 g/mol. The van der Waals surface area contributed by atoms with Crippen LogP contribution < -0.4 is 5.43 Å². The Bertz CT molecular complexity index is 896. The summed E-state index contributed by atoms with van der Waals surface area (Å²) in [4.78, 5) is 13.3. The van der Waals surface area contributed by atoms with Crippen LogP contribution in [0.1, 0.15) is 40.6 Å². The number of nitrogens with zero attached hydrogens (tertiary/aromatic N) is 2. The maximum atomic E-state index is 13.0. The van der Waals surface area contributed by atoms with E-state index in [9.17, 15) is 9.18 Å². The molecule has 0 fully saturated rings. The first-order valence-electron chi connectivity index (χ1n) is 7.75. The molecule has 2 aromatic heterocycles. The van der Waals surface area contributed by atoms with E-state index >= 15 is 0 Å². The summed E-state index contributed by atoms with van der Waals surface area (Å²) >= 11 is 1.56. The lowest BCUT2D eigenvalue weighted by atomic mass is 10.1. The third-order valence-electron chi connectivity index (χ3n) is 3.62. The first kappa shape index (κ1) is 17.0. The first-order chi connectivity index (χ1) is 12.0. The number of hydrogen-bond donors (Lipinski definition) is 2. The smallest absolute Gasteiger partial charge is 0.272 e. The summed E-state index contributed by atoms with van der Waals surface area (Å²) in [5, 5.41) is 12.6. The molecule has 25 heavy (non-hydrogen) atoms. The maximum absolute atomic E-state index is 13.0. The van der Waals surface area contributed by atoms with Gasteiger partial charge in [-0.2, -0.15) is 10.2 Å². The number of rotatable bonds is 5. The van der Waals surface area contributed by atoms with Crippen LogP contribution >= 0.6 is 11.3 Å². The van der Waals surface area contributed by atoms with Gasteiger partial charge in [0.15, 0.2) is 0 Å². The Morgan fingerprint density at radius 1 is 1.36 bits per heavy atom. The van der Waals surface area contributed by atoms with Crippen LogP contribution in [0.3, 0.4) is 0 Å². The summed E-state index contributed by atoms with van der Waals surface area (Å²) in [7, 11) is 0. The number of benzene rings is 1. The van der Waals surface area contributed by atoms with Crippen LogP contribution in [0.5, 0.6) is 0 Å². The Morgan fingerprint density at radius 3 is 2.80 bits per heavy atom. The van der Waals surface area contributed by atoms with Crippen LogP contribution in [0.2, 0.25) is 0 Å². The number of hydrazone groups is 1. The minimum absolute atomic E-state index is 0.258. The van der Waals surface area contributed by atoms with Gasteiger partial charge < -0.3 is 0 Å². The molecule has 0 saturated carbocycles. The van der Waals surface area contributed by atoms with E-state index in [1.54, 1.807) is 29.7 Å². The number of thiophene rings is 1. The molecule has 0 aliphatic heterocycles. The van der Waals surface area contributed by atoms with Gasteiger partial charge in [0, 0.05) is 21.4 Å². The molecular formula is C18H17FN4OS. The Labute approximate surface area is 148 Å². The summed E-state index contributed by atoms with van der Waals surface area (Å²) in [6, 6.07) is 7.93. The Kier molecular flexibility index (Phi) is 5.04. The van der Waals surface area contributed by atoms with E-state index in [-0.39, 0.29) is 11.7 Å². The van der Waals surface area contributed by atoms with Gasteiger partial charge in [-0.05, 0) is 36.2 Å². The fraction of sp³-hybridized carbons (Fsp3) is 0.167. The van der Waals surface area contributed by atoms with Crippen LogP contribution in [-0.2, 0) is 0 Å². The topological polar surface area (TPSA) is 70.1 Å². The molecule has 2 heterocycles. The number of aromatic amines is 1. The van der Waals surface area contributed by atoms with E-state index in [2.05, 4.69) is 34.6 Å². The molecule has 7 heteroatoms. The molecule has 0 bridgehead atoms. The monoisotopic (exact) mass is 356 g/mol. The van der Waals surface area contributed by atoms with Crippen LogP contribution in [-0.4, -0.2) is 22.3 Å². The minimum atomic E-state index is -0.303. The fourth-order valence-corrected chi connectivity index (χ4v) is 3.15. The van der Waals surface area contributed by atoms with Crippen molar-refractivity contribution in [3.8, 4) is 11.3 Å². The van der Waals surface area contributed by atoms with Crippen molar-refractivity contribution in [2.45, 2.75) is 19.8 Å². The van der Waals surface area contributed by atoms with Crippen LogP contribution in [0.4, 0.5) is 4.39 Å². The number of amides is 1. The number of carbonyl (C=O) groups is 1. The van der Waals surface area contributed by atoms with Gasteiger partial charge in [0.1, 0.15) is 5.82 Å². The van der Waals surface area contributed by atoms with Crippen LogP contribution in [0.25, 0.3) is 11.3 Å². The van der Waals surface area contributed by atoms with Gasteiger partial charge in [-0.3, -0.25) is 9.89 Å². The zero-order valence-electron chi connectivity index (χ0n) is 13.8. The lowest BCUT2D eigenvalue weighted by Crippen LogP contribution is -2.16. The molecule has 0 spiro atoms. The first-order valence-corrected chi connectivity index (χ1v) is 8.63. The van der Waals surface area contributed by atoms with Gasteiger partial charge in [-0.25, -0.2) is 9.82 Å². The molecule has 5 nitrogen and oxygen atoms in total. The largest absolute Gasteiger partial charge is 0.277 e. The minimum Gasteiger partial charge on any atom is -0.277 e. The number of hydrogen-bond acceptors (Lipinski definition) is 4. The van der Waals surface area contributed by atoms with Gasteiger partial charge in [-0.15, -0.1) is 11.3 Å². The van der Waals surface area contributed by atoms with Crippen LogP contribution in [0.15, 0.2) is 47.0 Å². The highest BCUT2D eigenvalue weighted by Crippen LogP contribution is 2.23. The predicted molar refractivity (Wildman–Crippen MR) is 97.4 cm³/mol. The number of H-pyrrole nitrogens is 1. The van der Waals surface area contributed by atoms with E-state index in [1.807, 2.05) is 11.4 Å². The lowest BCUT2D eigenvalue weighted by molar-refractivity contribution is 0.0955. The van der Waals surface area contributed by atoms with E-state index in [0.717, 1.165) is 10.4 Å². The van der Waals surface area contributed by atoms with E-state index in [4.69, 9.17) is 0 Å². The molecule has 3 aromatic rings. The molecule has 3 rings (SSSR count). The normalized spacial score (nSPS) is 11.4. The summed E-state index contributed by atoms with van der Waals surface area (Å²) in [5.74, 6) is -0.173. The van der Waals surface area contributed by atoms with Gasteiger partial charge >= 0.3 is 0 Å². The Morgan fingerprint density at radius 2 is 2.12 bits per heavy atom. The zero-order chi connectivity index (χ0) is 17.8. The van der Waals surface area contributed by atoms with E-state index in [0.29, 0.717) is 22.7 Å². The second-order valence-electron chi connectivity index (χ2n) is 5.80. The molecule has 0 atom stereocenters. The van der Waals surface area contributed by atoms with Crippen molar-refractivity contribution in [2.24, 2.45) is 5.10 Å². The second kappa shape index (κ2) is 7.40. The highest BCUT2D eigenvalue weighted by molar-refractivity contribution is 7.10. The van der Waals surface area contributed by atoms with Crippen molar-refractivity contribution in [1.82, 2.24) is 15.6 Å². The SMILES string of the molecule is CC(C)c1cc(C(=O)NN=Cc2cn[nH]c2-c2ccc(F)cc2)cs1. The average molecular weight is 356 g/mol. The standard InChI is InChI=1S/C18H17FN4OS/c1-11(2)16-7-13(10-25-16)18(24)23-21-9-14-8-20-22-17(14)12-3-5-15(19)6-4-12/h3-11H,1-2H3,(H,20,22)(H,23,24). The molecule has 0 radical (unpaired) electrons. The molecule has 128 valence electrons. The number of halogens is 1. The highest BCUT2D eigenvalue weighted by atomic mass is 32.1. The maximum Gasteiger partial charge on any atom is 0.272 e. The lowest BCUT2D eigenvalue weighted by Gasteiger charge is -2.00. The summed E-state index contributed by atoms with van der Waals surface area (Å²) < 4.78 is 13.0. The van der Waals surface area contributed by atoms with E-state index in [1.165, 1.54) is 18.3 Å². The highest BCUT2D eigenvalue weighted by Gasteiger charge is 2.10. The van der Waals surface area contributed by atoms with Crippen molar-refractivity contribution in [1.29, 1.82) is 0 Å². The van der Waals surface area contributed by atoms with E-state index < -0.39 is 0 Å². The van der Waals surface area contributed by atoms with Gasteiger partial charge in [0.05, 0.1) is 23.7 Å². The molecule has 0 aliphatic rings. The van der Waals surface area contributed by atoms with Crippen molar-refractivity contribution in [3.05, 3.63) is 63.7 Å². The number of carbonyl (C=O) groups excluding carboxylic acids is 1. The zero-order valence-corrected chi connectivity index (χ0v) is 14.6. The Balaban J connectivity index is 1.69. The molecule has 0 unspecified atom stereocenters. The molecule has 2 N–H and O–H groups in total. The third kappa shape index (κ3) is 4.00. The van der Waals surface area contributed by atoms with Crippen molar-refractivity contribution >= 4 is 23.5 Å². The number of aromatic nitrogens is 2. The van der Waals surface area contributed by atoms with Crippen molar-refractivity contribution in [2.75, 3.05) is 0 Å². The summed E-state index contributed by atoms with van der Waals surface area (Å²) in [6.45, 7) is 4.17. The quantitative estimate of drug-likeness (QED) is 0.532. The average Bonchev–Trinajstić information content (AvgIpc) is 3.25. The summed E-state index contributed by atoms with van der Waals surface area (Å²) in [5.41, 5.74) is 5.29. The number of nitrogens with one attached hydrogen (secondary N) is 2. The molecule has 0 saturated heterocycles. The van der Waals surface area contributed by atoms with Crippen molar-refractivity contribution < 1.29 is 9.18 Å². The molecule has 0 aliphatic carbocycles. The fourth-order valence-electron chi connectivity index (χ4n) is 2.24. The third-order valence-corrected chi connectivity index (χ3v) is 4.86. The van der Waals surface area contributed by atoms with Gasteiger partial charge in [0.2, 0.25) is 0 Å². The van der Waals surface area contributed by atoms with Gasteiger partial charge in [0.25, 0.3) is 5.91 Å². The Hall–Kier alpha value is -2.80. The van der Waals surface area contributed by atoms with Crippen molar-refractivity contribution in [3.63, 3.8) is 0 Å². The van der Waals surface area contributed by atoms with Gasteiger partial charge in [-0.1, -0.05) is 13.8 Å².